The Morgan fingerprint density at radius 1 is 1.11 bits per heavy atom. The van der Waals surface area contributed by atoms with E-state index in [1.165, 1.54) is 5.56 Å². The van der Waals surface area contributed by atoms with Gasteiger partial charge in [0.1, 0.15) is 0 Å². The molecule has 2 heterocycles. The lowest BCUT2D eigenvalue weighted by Gasteiger charge is -2.37. The second-order valence-electron chi connectivity index (χ2n) is 4.78. The third-order valence-electron chi connectivity index (χ3n) is 3.41. The van der Waals surface area contributed by atoms with Crippen molar-refractivity contribution in [1.82, 2.24) is 20.6 Å². The van der Waals surface area contributed by atoms with Gasteiger partial charge in [-0.2, -0.15) is 0 Å². The third-order valence-corrected chi connectivity index (χ3v) is 3.41. The van der Waals surface area contributed by atoms with Crippen molar-refractivity contribution in [3.8, 4) is 0 Å². The first kappa shape index (κ1) is 12.3. The van der Waals surface area contributed by atoms with E-state index in [0.29, 0.717) is 5.88 Å². The molecule has 3 rings (SSSR count). The third kappa shape index (κ3) is 2.98. The van der Waals surface area contributed by atoms with E-state index in [0.717, 1.165) is 32.7 Å². The summed E-state index contributed by atoms with van der Waals surface area (Å²) >= 11 is 0. The summed E-state index contributed by atoms with van der Waals surface area (Å²) in [6.45, 7) is 4.97. The maximum absolute atomic E-state index is 5.56. The van der Waals surface area contributed by atoms with Gasteiger partial charge in [0.15, 0.2) is 0 Å². The number of hydrogen-bond donors (Lipinski definition) is 2. The Morgan fingerprint density at radius 2 is 1.84 bits per heavy atom. The minimum atomic E-state index is 0.395. The highest BCUT2D eigenvalue weighted by Gasteiger charge is 2.23. The fourth-order valence-electron chi connectivity index (χ4n) is 2.36. The molecular formula is C13H19N5O. The average molecular weight is 261 g/mol. The quantitative estimate of drug-likeness (QED) is 0.812. The lowest BCUT2D eigenvalue weighted by molar-refractivity contribution is -0.124. The van der Waals surface area contributed by atoms with Crippen LogP contribution in [0.2, 0.25) is 0 Å². The normalized spacial score (nSPS) is 21.3. The number of nitrogens with one attached hydrogen (secondary N) is 1. The molecular weight excluding hydrogens is 242 g/mol. The largest absolute Gasteiger partial charge is 0.368 e. The monoisotopic (exact) mass is 261 g/mol. The van der Waals surface area contributed by atoms with Crippen molar-refractivity contribution >= 4 is 0 Å². The van der Waals surface area contributed by atoms with Crippen LogP contribution in [-0.2, 0) is 11.4 Å². The van der Waals surface area contributed by atoms with Gasteiger partial charge in [0.2, 0.25) is 5.88 Å². The zero-order valence-corrected chi connectivity index (χ0v) is 10.8. The van der Waals surface area contributed by atoms with Crippen molar-refractivity contribution in [1.29, 1.82) is 0 Å². The van der Waals surface area contributed by atoms with Crippen molar-refractivity contribution in [2.24, 2.45) is 5.73 Å². The van der Waals surface area contributed by atoms with Crippen LogP contribution in [0.5, 0.6) is 0 Å². The number of hydrogen-bond acceptors (Lipinski definition) is 6. The van der Waals surface area contributed by atoms with Crippen LogP contribution in [0.25, 0.3) is 0 Å². The summed E-state index contributed by atoms with van der Waals surface area (Å²) < 4.78 is 0. The molecule has 102 valence electrons. The smallest absolute Gasteiger partial charge is 0.231 e. The van der Waals surface area contributed by atoms with Gasteiger partial charge in [-0.3, -0.25) is 4.90 Å². The fourth-order valence-corrected chi connectivity index (χ4v) is 2.36. The van der Waals surface area contributed by atoms with Crippen LogP contribution in [0.1, 0.15) is 5.56 Å². The van der Waals surface area contributed by atoms with Gasteiger partial charge in [0.25, 0.3) is 0 Å². The minimum absolute atomic E-state index is 0.395. The number of piperazine rings is 1. The van der Waals surface area contributed by atoms with Gasteiger partial charge in [0.05, 0.1) is 6.20 Å². The Bertz CT molecular complexity index is 442. The van der Waals surface area contributed by atoms with Crippen molar-refractivity contribution in [3.63, 3.8) is 0 Å². The molecule has 0 unspecified atom stereocenters. The highest BCUT2D eigenvalue weighted by atomic mass is 16.7. The molecule has 1 saturated heterocycles. The van der Waals surface area contributed by atoms with Gasteiger partial charge in [-0.15, -0.1) is 0 Å². The molecule has 0 amide bonds. The van der Waals surface area contributed by atoms with E-state index in [4.69, 9.17) is 10.6 Å². The molecule has 2 aliphatic heterocycles. The molecule has 6 nitrogen and oxygen atoms in total. The van der Waals surface area contributed by atoms with Crippen molar-refractivity contribution < 1.29 is 4.84 Å². The second kappa shape index (κ2) is 5.48. The first-order valence-electron chi connectivity index (χ1n) is 6.51. The standard InChI is InChI=1S/C13H19N5O/c14-13-11-18(15-19-13)17-8-6-16(7-9-17)10-12-4-2-1-3-5-12/h1-5,11,15H,6-10,14H2. The zero-order valence-electron chi connectivity index (χ0n) is 10.8. The van der Waals surface area contributed by atoms with E-state index in [1.54, 1.807) is 6.20 Å². The molecule has 19 heavy (non-hydrogen) atoms. The molecule has 3 N–H and O–H groups in total. The summed E-state index contributed by atoms with van der Waals surface area (Å²) in [6.07, 6.45) is 1.76. The van der Waals surface area contributed by atoms with Crippen LogP contribution < -0.4 is 11.3 Å². The fraction of sp³-hybridized carbons (Fsp3) is 0.385. The molecule has 0 atom stereocenters. The summed E-state index contributed by atoms with van der Waals surface area (Å²) in [5, 5.41) is 4.00. The molecule has 6 heteroatoms. The molecule has 0 spiro atoms. The topological polar surface area (TPSA) is 57.0 Å². The molecule has 0 bridgehead atoms. The highest BCUT2D eigenvalue weighted by molar-refractivity contribution is 5.14. The SMILES string of the molecule is NC1=CN(N2CCN(Cc3ccccc3)CC2)NO1. The van der Waals surface area contributed by atoms with Gasteiger partial charge in [-0.1, -0.05) is 30.3 Å². The molecule has 0 saturated carbocycles. The maximum atomic E-state index is 5.56. The maximum Gasteiger partial charge on any atom is 0.231 e. The van der Waals surface area contributed by atoms with Gasteiger partial charge in [-0.25, -0.2) is 10.1 Å². The lowest BCUT2D eigenvalue weighted by Crippen LogP contribution is -2.54. The average Bonchev–Trinajstić information content (AvgIpc) is 2.87. The predicted molar refractivity (Wildman–Crippen MR) is 71.6 cm³/mol. The highest BCUT2D eigenvalue weighted by Crippen LogP contribution is 2.11. The van der Waals surface area contributed by atoms with Crippen LogP contribution in [0, 0.1) is 0 Å². The summed E-state index contributed by atoms with van der Waals surface area (Å²) in [5.41, 5.74) is 9.69. The second-order valence-corrected chi connectivity index (χ2v) is 4.78. The van der Waals surface area contributed by atoms with E-state index >= 15 is 0 Å². The number of hydrazine groups is 2. The predicted octanol–water partition coefficient (Wildman–Crippen LogP) is 0.229. The first-order valence-corrected chi connectivity index (χ1v) is 6.51. The minimum Gasteiger partial charge on any atom is -0.368 e. The molecule has 1 aromatic carbocycles. The summed E-state index contributed by atoms with van der Waals surface area (Å²) in [5.74, 6) is 0.395. The van der Waals surface area contributed by atoms with Gasteiger partial charge < -0.3 is 10.6 Å². The first-order chi connectivity index (χ1) is 9.31. The van der Waals surface area contributed by atoms with Crippen LogP contribution in [0.4, 0.5) is 0 Å². The Hall–Kier alpha value is -1.76. The zero-order chi connectivity index (χ0) is 13.1. The van der Waals surface area contributed by atoms with Crippen molar-refractivity contribution in [2.75, 3.05) is 26.2 Å². The summed E-state index contributed by atoms with van der Waals surface area (Å²) in [6, 6.07) is 10.6. The van der Waals surface area contributed by atoms with E-state index in [-0.39, 0.29) is 0 Å². The number of nitrogens with zero attached hydrogens (tertiary/aromatic N) is 3. The Kier molecular flexibility index (Phi) is 3.54. The number of benzene rings is 1. The van der Waals surface area contributed by atoms with Crippen LogP contribution in [0.3, 0.4) is 0 Å². The molecule has 0 aliphatic carbocycles. The van der Waals surface area contributed by atoms with Crippen LogP contribution in [-0.4, -0.2) is 41.2 Å². The van der Waals surface area contributed by atoms with E-state index in [1.807, 2.05) is 5.12 Å². The molecule has 0 aromatic heterocycles. The van der Waals surface area contributed by atoms with Crippen molar-refractivity contribution in [3.05, 3.63) is 48.0 Å². The summed E-state index contributed by atoms with van der Waals surface area (Å²) in [4.78, 5) is 7.45. The Labute approximate surface area is 112 Å². The van der Waals surface area contributed by atoms with E-state index < -0.39 is 0 Å². The Balaban J connectivity index is 1.50. The summed E-state index contributed by atoms with van der Waals surface area (Å²) in [7, 11) is 0. The van der Waals surface area contributed by atoms with Crippen molar-refractivity contribution in [2.45, 2.75) is 6.54 Å². The lowest BCUT2D eigenvalue weighted by atomic mass is 10.2. The number of rotatable bonds is 3. The van der Waals surface area contributed by atoms with E-state index in [2.05, 4.69) is 45.8 Å². The molecule has 1 fully saturated rings. The molecule has 1 aromatic rings. The number of nitrogens with two attached hydrogens (primary N) is 1. The van der Waals surface area contributed by atoms with Crippen LogP contribution >= 0.6 is 0 Å². The van der Waals surface area contributed by atoms with Crippen LogP contribution in [0.15, 0.2) is 42.4 Å². The van der Waals surface area contributed by atoms with E-state index in [9.17, 15) is 0 Å². The van der Waals surface area contributed by atoms with Gasteiger partial charge in [0, 0.05) is 32.7 Å². The molecule has 2 aliphatic rings. The molecule has 0 radical (unpaired) electrons. The van der Waals surface area contributed by atoms with Gasteiger partial charge in [-0.05, 0) is 11.2 Å². The van der Waals surface area contributed by atoms with Gasteiger partial charge >= 0.3 is 0 Å². The Morgan fingerprint density at radius 3 is 2.47 bits per heavy atom.